The summed E-state index contributed by atoms with van der Waals surface area (Å²) in [5.74, 6) is 0. The van der Waals surface area contributed by atoms with Gasteiger partial charge in [0.25, 0.3) is 0 Å². The van der Waals surface area contributed by atoms with Crippen molar-refractivity contribution < 1.29 is 0 Å². The minimum atomic E-state index is 0. The molecule has 4 heteroatoms. The average molecular weight is 420 g/mol. The predicted molar refractivity (Wildman–Crippen MR) is 93.4 cm³/mol. The number of benzene rings is 2. The standard InChI is InChI=1S/C16H19NSe2.ClH/c1-3-7-15(8-4-1)18-13-11-17-12-14-19-16-9-5-2-6-10-16;/h1-10,17H,11-14H2;1H. The van der Waals surface area contributed by atoms with Gasteiger partial charge in [0.05, 0.1) is 0 Å². The van der Waals surface area contributed by atoms with E-state index in [9.17, 15) is 0 Å². The van der Waals surface area contributed by atoms with Crippen molar-refractivity contribution in [2.24, 2.45) is 0 Å². The first kappa shape index (κ1) is 17.8. The van der Waals surface area contributed by atoms with E-state index in [0.717, 1.165) is 13.1 Å². The summed E-state index contributed by atoms with van der Waals surface area (Å²) in [7, 11) is 0. The number of hydrogen-bond acceptors (Lipinski definition) is 1. The van der Waals surface area contributed by atoms with Crippen LogP contribution >= 0.6 is 12.4 Å². The van der Waals surface area contributed by atoms with E-state index < -0.39 is 0 Å². The Balaban J connectivity index is 0.00000200. The first-order chi connectivity index (χ1) is 9.45. The van der Waals surface area contributed by atoms with E-state index in [1.165, 1.54) is 19.6 Å². The molecule has 1 nitrogen and oxygen atoms in total. The average Bonchev–Trinajstić information content (AvgIpc) is 2.48. The second kappa shape index (κ2) is 11.4. The van der Waals surface area contributed by atoms with Crippen LogP contribution in [0.2, 0.25) is 10.6 Å². The summed E-state index contributed by atoms with van der Waals surface area (Å²) in [6.45, 7) is 2.31. The first-order valence-electron chi connectivity index (χ1n) is 6.51. The Labute approximate surface area is 140 Å². The predicted octanol–water partition coefficient (Wildman–Crippen LogP) is 1.89. The summed E-state index contributed by atoms with van der Waals surface area (Å²) in [6, 6.07) is 21.6. The summed E-state index contributed by atoms with van der Waals surface area (Å²) in [6.07, 6.45) is 0. The number of halogens is 1. The molecular weight excluding hydrogens is 400 g/mol. The van der Waals surface area contributed by atoms with Gasteiger partial charge in [-0.25, -0.2) is 0 Å². The second-order valence-corrected chi connectivity index (χ2v) is 8.98. The molecule has 0 aromatic heterocycles. The van der Waals surface area contributed by atoms with Crippen molar-refractivity contribution >= 4 is 51.2 Å². The summed E-state index contributed by atoms with van der Waals surface area (Å²) in [5.41, 5.74) is 0. The normalized spacial score (nSPS) is 10.0. The van der Waals surface area contributed by atoms with Gasteiger partial charge in [-0.2, -0.15) is 0 Å². The third kappa shape index (κ3) is 7.50. The first-order valence-corrected chi connectivity index (χ1v) is 10.6. The molecule has 0 aliphatic carbocycles. The molecule has 0 atom stereocenters. The molecule has 108 valence electrons. The van der Waals surface area contributed by atoms with Crippen LogP contribution in [-0.4, -0.2) is 43.0 Å². The fourth-order valence-corrected chi connectivity index (χ4v) is 5.13. The molecule has 0 aliphatic rings. The van der Waals surface area contributed by atoms with Crippen molar-refractivity contribution in [3.05, 3.63) is 60.7 Å². The van der Waals surface area contributed by atoms with Crippen molar-refractivity contribution in [3.63, 3.8) is 0 Å². The van der Waals surface area contributed by atoms with Gasteiger partial charge in [-0.15, -0.1) is 12.4 Å². The molecule has 0 radical (unpaired) electrons. The summed E-state index contributed by atoms with van der Waals surface area (Å²) < 4.78 is 3.01. The van der Waals surface area contributed by atoms with Gasteiger partial charge >= 0.3 is 129 Å². The van der Waals surface area contributed by atoms with E-state index in [0.29, 0.717) is 29.9 Å². The quantitative estimate of drug-likeness (QED) is 0.509. The second-order valence-electron chi connectivity index (χ2n) is 4.07. The van der Waals surface area contributed by atoms with Gasteiger partial charge in [0.15, 0.2) is 0 Å². The molecule has 0 unspecified atom stereocenters. The van der Waals surface area contributed by atoms with E-state index >= 15 is 0 Å². The Bertz CT molecular complexity index is 407. The summed E-state index contributed by atoms with van der Waals surface area (Å²) in [4.78, 5) is 0. The SMILES string of the molecule is Cl.c1ccc([Se]CCNCC[Se]c2ccccc2)cc1. The van der Waals surface area contributed by atoms with Crippen LogP contribution in [0.25, 0.3) is 0 Å². The van der Waals surface area contributed by atoms with Gasteiger partial charge in [0.2, 0.25) is 0 Å². The van der Waals surface area contributed by atoms with E-state index in [1.54, 1.807) is 0 Å². The van der Waals surface area contributed by atoms with Gasteiger partial charge in [-0.1, -0.05) is 0 Å². The van der Waals surface area contributed by atoms with Gasteiger partial charge in [-0.05, 0) is 0 Å². The molecular formula is C16H20ClNSe2. The zero-order valence-electron chi connectivity index (χ0n) is 11.3. The van der Waals surface area contributed by atoms with E-state index in [1.807, 2.05) is 0 Å². The fourth-order valence-electron chi connectivity index (χ4n) is 1.64. The van der Waals surface area contributed by atoms with E-state index in [-0.39, 0.29) is 12.4 Å². The molecule has 20 heavy (non-hydrogen) atoms. The van der Waals surface area contributed by atoms with Crippen molar-refractivity contribution in [2.45, 2.75) is 10.6 Å². The molecule has 2 rings (SSSR count). The Morgan fingerprint density at radius 3 is 1.45 bits per heavy atom. The molecule has 0 heterocycles. The monoisotopic (exact) mass is 421 g/mol. The van der Waals surface area contributed by atoms with Crippen LogP contribution < -0.4 is 14.2 Å². The molecule has 2 aromatic carbocycles. The van der Waals surface area contributed by atoms with Gasteiger partial charge in [0.1, 0.15) is 0 Å². The molecule has 0 bridgehead atoms. The van der Waals surface area contributed by atoms with E-state index in [2.05, 4.69) is 66.0 Å². The van der Waals surface area contributed by atoms with Crippen LogP contribution in [0.5, 0.6) is 0 Å². The van der Waals surface area contributed by atoms with Crippen molar-refractivity contribution in [2.75, 3.05) is 13.1 Å². The third-order valence-corrected chi connectivity index (χ3v) is 6.84. The van der Waals surface area contributed by atoms with Crippen LogP contribution in [0.15, 0.2) is 60.7 Å². The van der Waals surface area contributed by atoms with E-state index in [4.69, 9.17) is 0 Å². The van der Waals surface area contributed by atoms with Crippen molar-refractivity contribution in [1.29, 1.82) is 0 Å². The molecule has 2 aromatic rings. The number of hydrogen-bond donors (Lipinski definition) is 1. The fraction of sp³-hybridized carbons (Fsp3) is 0.250. The van der Waals surface area contributed by atoms with Crippen LogP contribution in [0.3, 0.4) is 0 Å². The zero-order valence-corrected chi connectivity index (χ0v) is 15.6. The molecule has 1 N–H and O–H groups in total. The number of nitrogens with one attached hydrogen (secondary N) is 1. The Kier molecular flexibility index (Phi) is 10.1. The van der Waals surface area contributed by atoms with Crippen LogP contribution in [0, 0.1) is 0 Å². The Morgan fingerprint density at radius 2 is 1.05 bits per heavy atom. The van der Waals surface area contributed by atoms with Gasteiger partial charge in [0, 0.05) is 0 Å². The maximum atomic E-state index is 3.56. The van der Waals surface area contributed by atoms with Gasteiger partial charge < -0.3 is 0 Å². The molecule has 0 amide bonds. The summed E-state index contributed by atoms with van der Waals surface area (Å²) in [5, 5.41) is 6.13. The van der Waals surface area contributed by atoms with Crippen LogP contribution in [0.1, 0.15) is 0 Å². The zero-order chi connectivity index (χ0) is 13.2. The Morgan fingerprint density at radius 1 is 0.650 bits per heavy atom. The van der Waals surface area contributed by atoms with Gasteiger partial charge in [-0.3, -0.25) is 0 Å². The maximum absolute atomic E-state index is 3.56. The topological polar surface area (TPSA) is 12.0 Å². The minimum absolute atomic E-state index is 0. The molecule has 0 aliphatic heterocycles. The third-order valence-electron chi connectivity index (χ3n) is 2.58. The van der Waals surface area contributed by atoms with Crippen LogP contribution in [-0.2, 0) is 0 Å². The van der Waals surface area contributed by atoms with Crippen molar-refractivity contribution in [3.8, 4) is 0 Å². The molecule has 0 saturated carbocycles. The van der Waals surface area contributed by atoms with Crippen LogP contribution in [0.4, 0.5) is 0 Å². The molecule has 0 saturated heterocycles. The Hall–Kier alpha value is -0.271. The molecule has 0 fully saturated rings. The number of rotatable bonds is 8. The van der Waals surface area contributed by atoms with Crippen molar-refractivity contribution in [1.82, 2.24) is 5.32 Å². The molecule has 0 spiro atoms. The summed E-state index contributed by atoms with van der Waals surface area (Å²) >= 11 is 1.25.